The summed E-state index contributed by atoms with van der Waals surface area (Å²) in [5.41, 5.74) is 6.01. The van der Waals surface area contributed by atoms with E-state index >= 15 is 0 Å². The van der Waals surface area contributed by atoms with E-state index in [0.29, 0.717) is 18.0 Å². The van der Waals surface area contributed by atoms with Crippen molar-refractivity contribution in [3.63, 3.8) is 0 Å². The van der Waals surface area contributed by atoms with E-state index in [0.717, 1.165) is 0 Å². The van der Waals surface area contributed by atoms with Crippen LogP contribution in [0.2, 0.25) is 0 Å². The molecule has 1 aromatic rings. The maximum absolute atomic E-state index is 12.8. The van der Waals surface area contributed by atoms with Crippen LogP contribution in [-0.4, -0.2) is 19.8 Å². The summed E-state index contributed by atoms with van der Waals surface area (Å²) in [7, 11) is 1.59. The van der Waals surface area contributed by atoms with Crippen molar-refractivity contribution in [3.8, 4) is 5.75 Å². The summed E-state index contributed by atoms with van der Waals surface area (Å²) in [6.45, 7) is 2.21. The molecule has 0 aliphatic heterocycles. The zero-order chi connectivity index (χ0) is 10.6. The standard InChI is InChI=1S/C10H14FNO2/c1-7(13-2)6-14-10-5-8(11)3-4-9(10)12/h3-5,7H,6,12H2,1-2H3. The molecule has 1 atom stereocenters. The Bertz CT molecular complexity index is 304. The van der Waals surface area contributed by atoms with Crippen molar-refractivity contribution >= 4 is 5.69 Å². The molecular formula is C10H14FNO2. The molecule has 0 spiro atoms. The molecule has 1 unspecified atom stereocenters. The van der Waals surface area contributed by atoms with Crippen molar-refractivity contribution in [1.29, 1.82) is 0 Å². The third kappa shape index (κ3) is 2.88. The van der Waals surface area contributed by atoms with Crippen molar-refractivity contribution in [2.75, 3.05) is 19.5 Å². The quantitative estimate of drug-likeness (QED) is 0.752. The molecule has 1 rings (SSSR count). The molecule has 0 amide bonds. The lowest BCUT2D eigenvalue weighted by Crippen LogP contribution is -2.16. The van der Waals surface area contributed by atoms with Crippen molar-refractivity contribution in [2.45, 2.75) is 13.0 Å². The summed E-state index contributed by atoms with van der Waals surface area (Å²) in [5, 5.41) is 0. The monoisotopic (exact) mass is 199 g/mol. The topological polar surface area (TPSA) is 44.5 Å². The summed E-state index contributed by atoms with van der Waals surface area (Å²) >= 11 is 0. The van der Waals surface area contributed by atoms with Crippen molar-refractivity contribution in [1.82, 2.24) is 0 Å². The second-order valence-corrected chi connectivity index (χ2v) is 3.04. The van der Waals surface area contributed by atoms with Crippen LogP contribution in [0.25, 0.3) is 0 Å². The first-order chi connectivity index (χ1) is 6.63. The lowest BCUT2D eigenvalue weighted by Gasteiger charge is -2.12. The Morgan fingerprint density at radius 1 is 1.50 bits per heavy atom. The van der Waals surface area contributed by atoms with E-state index in [9.17, 15) is 4.39 Å². The molecule has 0 heterocycles. The van der Waals surface area contributed by atoms with E-state index in [4.69, 9.17) is 15.2 Å². The van der Waals surface area contributed by atoms with Crippen molar-refractivity contribution in [2.24, 2.45) is 0 Å². The van der Waals surface area contributed by atoms with Crippen LogP contribution in [0, 0.1) is 5.82 Å². The molecule has 0 saturated carbocycles. The van der Waals surface area contributed by atoms with Gasteiger partial charge in [-0.15, -0.1) is 0 Å². The van der Waals surface area contributed by atoms with Crippen LogP contribution < -0.4 is 10.5 Å². The minimum Gasteiger partial charge on any atom is -0.489 e. The molecular weight excluding hydrogens is 185 g/mol. The van der Waals surface area contributed by atoms with Crippen molar-refractivity contribution < 1.29 is 13.9 Å². The fourth-order valence-electron chi connectivity index (χ4n) is 0.908. The van der Waals surface area contributed by atoms with Gasteiger partial charge in [-0.1, -0.05) is 0 Å². The van der Waals surface area contributed by atoms with E-state index in [1.807, 2.05) is 6.92 Å². The largest absolute Gasteiger partial charge is 0.489 e. The maximum Gasteiger partial charge on any atom is 0.145 e. The normalized spacial score (nSPS) is 12.5. The minimum atomic E-state index is -0.362. The predicted octanol–water partition coefficient (Wildman–Crippen LogP) is 1.82. The summed E-state index contributed by atoms with van der Waals surface area (Å²) in [4.78, 5) is 0. The molecule has 0 aromatic heterocycles. The highest BCUT2D eigenvalue weighted by Crippen LogP contribution is 2.22. The highest BCUT2D eigenvalue weighted by Gasteiger charge is 2.05. The van der Waals surface area contributed by atoms with Crippen LogP contribution in [0.5, 0.6) is 5.75 Å². The first kappa shape index (κ1) is 10.8. The third-order valence-electron chi connectivity index (χ3n) is 1.85. The number of ether oxygens (including phenoxy) is 2. The van der Waals surface area contributed by atoms with E-state index in [1.54, 1.807) is 7.11 Å². The minimum absolute atomic E-state index is 0.0438. The van der Waals surface area contributed by atoms with E-state index < -0.39 is 0 Å². The first-order valence-corrected chi connectivity index (χ1v) is 4.34. The summed E-state index contributed by atoms with van der Waals surface area (Å²) in [6, 6.07) is 4.03. The average molecular weight is 199 g/mol. The average Bonchev–Trinajstić information content (AvgIpc) is 2.19. The third-order valence-corrected chi connectivity index (χ3v) is 1.85. The Morgan fingerprint density at radius 2 is 2.21 bits per heavy atom. The lowest BCUT2D eigenvalue weighted by atomic mass is 10.3. The second-order valence-electron chi connectivity index (χ2n) is 3.04. The van der Waals surface area contributed by atoms with Crippen LogP contribution in [0.3, 0.4) is 0 Å². The van der Waals surface area contributed by atoms with Crippen LogP contribution >= 0.6 is 0 Å². The lowest BCUT2D eigenvalue weighted by molar-refractivity contribution is 0.0718. The van der Waals surface area contributed by atoms with Crippen LogP contribution in [0.15, 0.2) is 18.2 Å². The van der Waals surface area contributed by atoms with Gasteiger partial charge in [0.25, 0.3) is 0 Å². The van der Waals surface area contributed by atoms with E-state index in [1.165, 1.54) is 18.2 Å². The van der Waals surface area contributed by atoms with Gasteiger partial charge in [-0.05, 0) is 19.1 Å². The number of halogens is 1. The highest BCUT2D eigenvalue weighted by atomic mass is 19.1. The number of anilines is 1. The van der Waals surface area contributed by atoms with Gasteiger partial charge in [0, 0.05) is 13.2 Å². The number of hydrogen-bond donors (Lipinski definition) is 1. The molecule has 1 aromatic carbocycles. The molecule has 0 bridgehead atoms. The van der Waals surface area contributed by atoms with E-state index in [2.05, 4.69) is 0 Å². The van der Waals surface area contributed by atoms with Gasteiger partial charge in [0.1, 0.15) is 18.2 Å². The molecule has 14 heavy (non-hydrogen) atoms. The van der Waals surface area contributed by atoms with Crippen LogP contribution in [-0.2, 0) is 4.74 Å². The zero-order valence-electron chi connectivity index (χ0n) is 8.29. The number of hydrogen-bond acceptors (Lipinski definition) is 3. The molecule has 0 saturated heterocycles. The number of benzene rings is 1. The summed E-state index contributed by atoms with van der Waals surface area (Å²) < 4.78 is 23.0. The molecule has 0 fully saturated rings. The Hall–Kier alpha value is -1.29. The van der Waals surface area contributed by atoms with Gasteiger partial charge in [0.2, 0.25) is 0 Å². The second kappa shape index (κ2) is 4.81. The van der Waals surface area contributed by atoms with Crippen LogP contribution in [0.1, 0.15) is 6.92 Å². The van der Waals surface area contributed by atoms with Crippen molar-refractivity contribution in [3.05, 3.63) is 24.0 Å². The van der Waals surface area contributed by atoms with E-state index in [-0.39, 0.29) is 11.9 Å². The fourth-order valence-corrected chi connectivity index (χ4v) is 0.908. The molecule has 78 valence electrons. The summed E-state index contributed by atoms with van der Waals surface area (Å²) in [5.74, 6) is -0.00632. The molecule has 0 aliphatic rings. The molecule has 2 N–H and O–H groups in total. The molecule has 3 nitrogen and oxygen atoms in total. The Balaban J connectivity index is 2.62. The highest BCUT2D eigenvalue weighted by molar-refractivity contribution is 5.52. The first-order valence-electron chi connectivity index (χ1n) is 4.34. The number of nitrogen functional groups attached to an aromatic ring is 1. The van der Waals surface area contributed by atoms with Gasteiger partial charge >= 0.3 is 0 Å². The zero-order valence-corrected chi connectivity index (χ0v) is 8.29. The molecule has 4 heteroatoms. The Kier molecular flexibility index (Phi) is 3.71. The van der Waals surface area contributed by atoms with Gasteiger partial charge in [-0.2, -0.15) is 0 Å². The number of methoxy groups -OCH3 is 1. The summed E-state index contributed by atoms with van der Waals surface area (Å²) in [6.07, 6.45) is -0.0438. The van der Waals surface area contributed by atoms with Gasteiger partial charge in [-0.3, -0.25) is 0 Å². The smallest absolute Gasteiger partial charge is 0.145 e. The predicted molar refractivity (Wildman–Crippen MR) is 52.8 cm³/mol. The number of nitrogens with two attached hydrogens (primary N) is 1. The number of rotatable bonds is 4. The molecule has 0 radical (unpaired) electrons. The van der Waals surface area contributed by atoms with Gasteiger partial charge < -0.3 is 15.2 Å². The van der Waals surface area contributed by atoms with Gasteiger partial charge in [0.05, 0.1) is 11.8 Å². The molecule has 0 aliphatic carbocycles. The Morgan fingerprint density at radius 3 is 2.86 bits per heavy atom. The SMILES string of the molecule is COC(C)COc1cc(F)ccc1N. The fraction of sp³-hybridized carbons (Fsp3) is 0.400. The van der Waals surface area contributed by atoms with Gasteiger partial charge in [0.15, 0.2) is 0 Å². The maximum atomic E-state index is 12.8. The van der Waals surface area contributed by atoms with Crippen LogP contribution in [0.4, 0.5) is 10.1 Å². The van der Waals surface area contributed by atoms with Gasteiger partial charge in [-0.25, -0.2) is 4.39 Å². The Labute approximate surface area is 82.6 Å².